The van der Waals surface area contributed by atoms with Gasteiger partial charge in [-0.15, -0.1) is 0 Å². The van der Waals surface area contributed by atoms with Gasteiger partial charge in [0.15, 0.2) is 5.84 Å². The standard InChI is InChI=1S/C15H18ClN5/c16-12-5-7-13(8-6-12)19-20-14(11-17)15(18)21-9-3-1-2-4-10-21/h5-8,18-19H,1-4,9-10H2/b18-15?,20-14-. The number of rotatable bonds is 3. The van der Waals surface area contributed by atoms with Gasteiger partial charge in [-0.3, -0.25) is 10.8 Å². The number of benzene rings is 1. The Balaban J connectivity index is 2.03. The Kier molecular flexibility index (Phi) is 5.59. The van der Waals surface area contributed by atoms with Gasteiger partial charge in [-0.25, -0.2) is 0 Å². The second-order valence-electron chi connectivity index (χ2n) is 4.94. The highest BCUT2D eigenvalue weighted by atomic mass is 35.5. The minimum atomic E-state index is 0.104. The normalized spacial score (nSPS) is 16.0. The number of hydrogen-bond donors (Lipinski definition) is 2. The molecule has 1 saturated heterocycles. The number of hydrazone groups is 1. The largest absolute Gasteiger partial charge is 0.355 e. The van der Waals surface area contributed by atoms with Crippen LogP contribution in [0.2, 0.25) is 5.02 Å². The van der Waals surface area contributed by atoms with Crippen LogP contribution in [0, 0.1) is 16.7 Å². The quantitative estimate of drug-likeness (QED) is 0.510. The molecule has 0 aliphatic carbocycles. The molecule has 1 fully saturated rings. The van der Waals surface area contributed by atoms with Crippen LogP contribution in [0.5, 0.6) is 0 Å². The lowest BCUT2D eigenvalue weighted by Crippen LogP contribution is -2.36. The molecule has 0 spiro atoms. The Bertz CT molecular complexity index is 550. The van der Waals surface area contributed by atoms with Crippen molar-refractivity contribution in [1.29, 1.82) is 10.7 Å². The maximum Gasteiger partial charge on any atom is 0.202 e. The molecule has 6 heteroatoms. The van der Waals surface area contributed by atoms with Crippen LogP contribution in [0.3, 0.4) is 0 Å². The first-order chi connectivity index (χ1) is 10.2. The van der Waals surface area contributed by atoms with E-state index in [2.05, 4.69) is 10.5 Å². The molecule has 0 bridgehead atoms. The van der Waals surface area contributed by atoms with Crippen LogP contribution in [0.4, 0.5) is 5.69 Å². The summed E-state index contributed by atoms with van der Waals surface area (Å²) in [6, 6.07) is 9.03. The smallest absolute Gasteiger partial charge is 0.202 e. The summed E-state index contributed by atoms with van der Waals surface area (Å²) in [5.41, 5.74) is 3.63. The molecule has 0 radical (unpaired) electrons. The van der Waals surface area contributed by atoms with Gasteiger partial charge in [-0.05, 0) is 37.1 Å². The lowest BCUT2D eigenvalue weighted by Gasteiger charge is -2.21. The molecule has 0 amide bonds. The molecule has 0 aromatic heterocycles. The van der Waals surface area contributed by atoms with Crippen molar-refractivity contribution in [3.05, 3.63) is 29.3 Å². The Labute approximate surface area is 129 Å². The van der Waals surface area contributed by atoms with E-state index in [-0.39, 0.29) is 11.5 Å². The van der Waals surface area contributed by atoms with Gasteiger partial charge in [0.2, 0.25) is 5.71 Å². The molecule has 1 aliphatic heterocycles. The van der Waals surface area contributed by atoms with E-state index in [4.69, 9.17) is 17.0 Å². The van der Waals surface area contributed by atoms with Crippen LogP contribution in [0.15, 0.2) is 29.4 Å². The third kappa shape index (κ3) is 4.47. The van der Waals surface area contributed by atoms with Gasteiger partial charge in [0.1, 0.15) is 6.07 Å². The van der Waals surface area contributed by atoms with Crippen LogP contribution in [0.1, 0.15) is 25.7 Å². The summed E-state index contributed by atoms with van der Waals surface area (Å²) >= 11 is 5.81. The fourth-order valence-corrected chi connectivity index (χ4v) is 2.35. The summed E-state index contributed by atoms with van der Waals surface area (Å²) in [6.45, 7) is 1.64. The van der Waals surface area contributed by atoms with Crippen molar-refractivity contribution < 1.29 is 0 Å². The molecule has 5 nitrogen and oxygen atoms in total. The number of nitriles is 1. The van der Waals surface area contributed by atoms with Crippen molar-refractivity contribution in [3.8, 4) is 6.07 Å². The fraction of sp³-hybridized carbons (Fsp3) is 0.400. The highest BCUT2D eigenvalue weighted by Gasteiger charge is 2.17. The summed E-state index contributed by atoms with van der Waals surface area (Å²) in [6.07, 6.45) is 4.50. The zero-order valence-corrected chi connectivity index (χ0v) is 12.5. The average molecular weight is 304 g/mol. The fourth-order valence-electron chi connectivity index (χ4n) is 2.22. The van der Waals surface area contributed by atoms with E-state index < -0.39 is 0 Å². The molecule has 0 saturated carbocycles. The Morgan fingerprint density at radius 2 is 1.81 bits per heavy atom. The van der Waals surface area contributed by atoms with Crippen LogP contribution in [-0.4, -0.2) is 29.5 Å². The molecule has 1 heterocycles. The van der Waals surface area contributed by atoms with Gasteiger partial charge >= 0.3 is 0 Å². The van der Waals surface area contributed by atoms with Crippen LogP contribution < -0.4 is 5.43 Å². The molecule has 0 unspecified atom stereocenters. The van der Waals surface area contributed by atoms with Crippen molar-refractivity contribution in [3.63, 3.8) is 0 Å². The summed E-state index contributed by atoms with van der Waals surface area (Å²) in [5.74, 6) is 0.195. The van der Waals surface area contributed by atoms with Crippen LogP contribution in [0.25, 0.3) is 0 Å². The molecule has 1 aliphatic rings. The zero-order chi connectivity index (χ0) is 15.1. The van der Waals surface area contributed by atoms with Crippen LogP contribution in [-0.2, 0) is 0 Å². The van der Waals surface area contributed by atoms with E-state index in [0.717, 1.165) is 31.6 Å². The monoisotopic (exact) mass is 303 g/mol. The topological polar surface area (TPSA) is 75.3 Å². The summed E-state index contributed by atoms with van der Waals surface area (Å²) in [7, 11) is 0. The third-order valence-corrected chi connectivity index (χ3v) is 3.65. The number of hydrogen-bond acceptors (Lipinski definition) is 4. The second-order valence-corrected chi connectivity index (χ2v) is 5.38. The highest BCUT2D eigenvalue weighted by molar-refractivity contribution is 6.46. The molecule has 1 aromatic rings. The lowest BCUT2D eigenvalue weighted by molar-refractivity contribution is 0.438. The Hall–Kier alpha value is -2.06. The Morgan fingerprint density at radius 1 is 1.19 bits per heavy atom. The van der Waals surface area contributed by atoms with E-state index in [1.165, 1.54) is 12.8 Å². The number of amidine groups is 1. The molecule has 2 rings (SSSR count). The highest BCUT2D eigenvalue weighted by Crippen LogP contribution is 2.14. The maximum absolute atomic E-state index is 9.21. The number of halogens is 1. The van der Waals surface area contributed by atoms with Crippen molar-refractivity contribution >= 4 is 28.8 Å². The van der Waals surface area contributed by atoms with Gasteiger partial charge in [0.05, 0.1) is 5.69 Å². The van der Waals surface area contributed by atoms with Gasteiger partial charge in [0.25, 0.3) is 0 Å². The van der Waals surface area contributed by atoms with E-state index in [9.17, 15) is 5.26 Å². The third-order valence-electron chi connectivity index (χ3n) is 3.39. The lowest BCUT2D eigenvalue weighted by atomic mass is 10.2. The summed E-state index contributed by atoms with van der Waals surface area (Å²) in [5, 5.41) is 22.0. The number of likely N-dealkylation sites (tertiary alicyclic amines) is 1. The van der Waals surface area contributed by atoms with Gasteiger partial charge < -0.3 is 4.90 Å². The average Bonchev–Trinajstić information content (AvgIpc) is 2.78. The van der Waals surface area contributed by atoms with Crippen molar-refractivity contribution in [2.75, 3.05) is 18.5 Å². The summed E-state index contributed by atoms with van der Waals surface area (Å²) < 4.78 is 0. The first-order valence-electron chi connectivity index (χ1n) is 7.04. The van der Waals surface area contributed by atoms with Gasteiger partial charge in [0, 0.05) is 18.1 Å². The maximum atomic E-state index is 9.21. The van der Waals surface area contributed by atoms with E-state index in [1.54, 1.807) is 24.3 Å². The minimum absolute atomic E-state index is 0.104. The minimum Gasteiger partial charge on any atom is -0.355 e. The van der Waals surface area contributed by atoms with Gasteiger partial charge in [-0.1, -0.05) is 24.4 Å². The first-order valence-corrected chi connectivity index (χ1v) is 7.42. The second kappa shape index (κ2) is 7.65. The summed E-state index contributed by atoms with van der Waals surface area (Å²) in [4.78, 5) is 1.93. The SMILES string of the molecule is N#C/C(=N/Nc1ccc(Cl)cc1)C(=N)N1CCCCCC1. The van der Waals surface area contributed by atoms with E-state index in [1.807, 2.05) is 11.0 Å². The van der Waals surface area contributed by atoms with Gasteiger partial charge in [-0.2, -0.15) is 10.4 Å². The van der Waals surface area contributed by atoms with Crippen molar-refractivity contribution in [2.24, 2.45) is 5.10 Å². The predicted octanol–water partition coefficient (Wildman–Crippen LogP) is 3.48. The number of nitrogens with one attached hydrogen (secondary N) is 2. The molecule has 2 N–H and O–H groups in total. The Morgan fingerprint density at radius 3 is 2.38 bits per heavy atom. The zero-order valence-electron chi connectivity index (χ0n) is 11.8. The van der Waals surface area contributed by atoms with Crippen LogP contribution >= 0.6 is 11.6 Å². The number of anilines is 1. The molecule has 21 heavy (non-hydrogen) atoms. The molecular weight excluding hydrogens is 286 g/mol. The predicted molar refractivity (Wildman–Crippen MR) is 85.9 cm³/mol. The molecule has 1 aromatic carbocycles. The van der Waals surface area contributed by atoms with Crippen molar-refractivity contribution in [2.45, 2.75) is 25.7 Å². The number of nitrogens with zero attached hydrogens (tertiary/aromatic N) is 3. The molecule has 0 atom stereocenters. The molecular formula is C15H18ClN5. The first kappa shape index (κ1) is 15.3. The molecule has 110 valence electrons. The van der Waals surface area contributed by atoms with Crippen molar-refractivity contribution in [1.82, 2.24) is 4.90 Å². The van der Waals surface area contributed by atoms with E-state index in [0.29, 0.717) is 5.02 Å². The van der Waals surface area contributed by atoms with E-state index >= 15 is 0 Å².